The maximum atomic E-state index is 12.4. The van der Waals surface area contributed by atoms with Gasteiger partial charge in [-0.05, 0) is 24.6 Å². The molecule has 0 spiro atoms. The highest BCUT2D eigenvalue weighted by Gasteiger charge is 2.33. The molecule has 0 amide bonds. The van der Waals surface area contributed by atoms with Gasteiger partial charge >= 0.3 is 12.3 Å². The predicted molar refractivity (Wildman–Crippen MR) is 64.7 cm³/mol. The van der Waals surface area contributed by atoms with Gasteiger partial charge in [0, 0.05) is 0 Å². The first-order chi connectivity index (χ1) is 9.80. The Morgan fingerprint density at radius 1 is 1.38 bits per heavy atom. The second-order valence-corrected chi connectivity index (χ2v) is 3.82. The van der Waals surface area contributed by atoms with Crippen LogP contribution in [0.3, 0.4) is 0 Å². The van der Waals surface area contributed by atoms with Gasteiger partial charge in [-0.25, -0.2) is 0 Å². The van der Waals surface area contributed by atoms with Gasteiger partial charge in [0.15, 0.2) is 11.5 Å². The Kier molecular flexibility index (Phi) is 5.41. The van der Waals surface area contributed by atoms with E-state index in [2.05, 4.69) is 4.74 Å². The molecule has 0 aliphatic rings. The van der Waals surface area contributed by atoms with E-state index < -0.39 is 18.1 Å². The van der Waals surface area contributed by atoms with Crippen molar-refractivity contribution in [1.29, 1.82) is 5.26 Å². The predicted octanol–water partition coefficient (Wildman–Crippen LogP) is 2.57. The molecule has 0 aromatic heterocycles. The van der Waals surface area contributed by atoms with E-state index in [1.807, 2.05) is 0 Å². The van der Waals surface area contributed by atoms with Crippen LogP contribution < -0.4 is 9.47 Å². The number of carbonyl (C=O) groups is 1. The van der Waals surface area contributed by atoms with Gasteiger partial charge in [-0.2, -0.15) is 5.26 Å². The summed E-state index contributed by atoms with van der Waals surface area (Å²) in [6, 6.07) is 3.93. The summed E-state index contributed by atoms with van der Waals surface area (Å²) in [6.45, 7) is 1.75. The first-order valence-electron chi connectivity index (χ1n) is 5.83. The number of hydrogen-bond donors (Lipinski definition) is 0. The smallest absolute Gasteiger partial charge is 0.492 e. The lowest BCUT2D eigenvalue weighted by Crippen LogP contribution is -2.18. The number of methoxy groups -OCH3 is 1. The Morgan fingerprint density at radius 2 is 2.05 bits per heavy atom. The molecule has 0 atom stereocenters. The first kappa shape index (κ1) is 16.6. The molecule has 0 heterocycles. The minimum atomic E-state index is -4.94. The summed E-state index contributed by atoms with van der Waals surface area (Å²) >= 11 is 0. The van der Waals surface area contributed by atoms with Crippen molar-refractivity contribution in [2.24, 2.45) is 0 Å². The molecule has 0 bridgehead atoms. The molecule has 8 heteroatoms. The lowest BCUT2D eigenvalue weighted by Gasteiger charge is -2.15. The minimum absolute atomic E-state index is 0.145. The zero-order valence-electron chi connectivity index (χ0n) is 11.3. The van der Waals surface area contributed by atoms with Crippen molar-refractivity contribution < 1.29 is 32.2 Å². The second kappa shape index (κ2) is 6.83. The molecule has 0 aliphatic heterocycles. The van der Waals surface area contributed by atoms with Crippen molar-refractivity contribution in [3.63, 3.8) is 0 Å². The first-order valence-corrected chi connectivity index (χ1v) is 5.83. The fourth-order valence-corrected chi connectivity index (χ4v) is 1.63. The molecule has 1 aromatic carbocycles. The van der Waals surface area contributed by atoms with E-state index in [4.69, 9.17) is 14.7 Å². The number of esters is 1. The van der Waals surface area contributed by atoms with Crippen LogP contribution in [0.1, 0.15) is 18.1 Å². The summed E-state index contributed by atoms with van der Waals surface area (Å²) in [7, 11) is 1.12. The van der Waals surface area contributed by atoms with Crippen molar-refractivity contribution in [2.45, 2.75) is 19.7 Å². The second-order valence-electron chi connectivity index (χ2n) is 3.82. The fraction of sp³-hybridized carbons (Fsp3) is 0.385. The van der Waals surface area contributed by atoms with Crippen molar-refractivity contribution in [2.75, 3.05) is 13.7 Å². The van der Waals surface area contributed by atoms with Gasteiger partial charge in [-0.1, -0.05) is 0 Å². The zero-order chi connectivity index (χ0) is 16.0. The van der Waals surface area contributed by atoms with Crippen molar-refractivity contribution in [1.82, 2.24) is 0 Å². The van der Waals surface area contributed by atoms with Gasteiger partial charge in [0.05, 0.1) is 25.7 Å². The van der Waals surface area contributed by atoms with E-state index in [0.29, 0.717) is 0 Å². The summed E-state index contributed by atoms with van der Waals surface area (Å²) in [4.78, 5) is 11.4. The molecule has 1 rings (SSSR count). The number of nitrogens with zero attached hydrogens (tertiary/aromatic N) is 1. The van der Waals surface area contributed by atoms with Crippen LogP contribution in [0.15, 0.2) is 12.1 Å². The van der Waals surface area contributed by atoms with Crippen LogP contribution in [0.4, 0.5) is 13.2 Å². The molecule has 0 fully saturated rings. The Labute approximate surface area is 118 Å². The lowest BCUT2D eigenvalue weighted by molar-refractivity contribution is -0.275. The maximum Gasteiger partial charge on any atom is 0.573 e. The average Bonchev–Trinajstić information content (AvgIpc) is 2.36. The number of hydrogen-bond acceptors (Lipinski definition) is 5. The SMILES string of the molecule is CCOC(=O)Cc1cc(C#N)c(OC)c(OC(F)(F)F)c1. The van der Waals surface area contributed by atoms with Crippen LogP contribution in [-0.2, 0) is 16.0 Å². The monoisotopic (exact) mass is 303 g/mol. The number of benzene rings is 1. The van der Waals surface area contributed by atoms with Crippen LogP contribution in [-0.4, -0.2) is 26.0 Å². The van der Waals surface area contributed by atoms with Crippen LogP contribution in [0, 0.1) is 11.3 Å². The van der Waals surface area contributed by atoms with Crippen LogP contribution >= 0.6 is 0 Å². The van der Waals surface area contributed by atoms with Crippen molar-refractivity contribution >= 4 is 5.97 Å². The van der Waals surface area contributed by atoms with Gasteiger partial charge < -0.3 is 14.2 Å². The minimum Gasteiger partial charge on any atom is -0.492 e. The molecule has 0 saturated heterocycles. The largest absolute Gasteiger partial charge is 0.573 e. The molecular formula is C13H12F3NO4. The third kappa shape index (κ3) is 4.87. The topological polar surface area (TPSA) is 68.6 Å². The number of ether oxygens (including phenoxy) is 3. The lowest BCUT2D eigenvalue weighted by atomic mass is 10.1. The quantitative estimate of drug-likeness (QED) is 0.782. The van der Waals surface area contributed by atoms with E-state index >= 15 is 0 Å². The average molecular weight is 303 g/mol. The molecule has 0 saturated carbocycles. The Hall–Kier alpha value is -2.43. The number of nitriles is 1. The maximum absolute atomic E-state index is 12.4. The van der Waals surface area contributed by atoms with Gasteiger partial charge in [-0.15, -0.1) is 13.2 Å². The van der Waals surface area contributed by atoms with Gasteiger partial charge in [0.1, 0.15) is 6.07 Å². The Bertz CT molecular complexity index is 564. The van der Waals surface area contributed by atoms with Gasteiger partial charge in [0.25, 0.3) is 0 Å². The van der Waals surface area contributed by atoms with Crippen LogP contribution in [0.5, 0.6) is 11.5 Å². The highest BCUT2D eigenvalue weighted by atomic mass is 19.4. The number of alkyl halides is 3. The van der Waals surface area contributed by atoms with E-state index in [0.717, 1.165) is 13.2 Å². The third-order valence-corrected chi connectivity index (χ3v) is 2.32. The molecule has 0 aliphatic carbocycles. The number of rotatable bonds is 5. The van der Waals surface area contributed by atoms with Crippen molar-refractivity contribution in [3.05, 3.63) is 23.3 Å². The molecule has 5 nitrogen and oxygen atoms in total. The summed E-state index contributed by atoms with van der Waals surface area (Å²) in [5, 5.41) is 8.95. The normalized spacial score (nSPS) is 10.7. The van der Waals surface area contributed by atoms with E-state index in [1.54, 1.807) is 13.0 Å². The summed E-state index contributed by atoms with van der Waals surface area (Å²) in [6.07, 6.45) is -5.22. The Balaban J connectivity index is 3.21. The van der Waals surface area contributed by atoms with Gasteiger partial charge in [-0.3, -0.25) is 4.79 Å². The van der Waals surface area contributed by atoms with E-state index in [1.165, 1.54) is 6.07 Å². The van der Waals surface area contributed by atoms with E-state index in [-0.39, 0.29) is 29.9 Å². The molecule has 0 N–H and O–H groups in total. The molecule has 1 aromatic rings. The van der Waals surface area contributed by atoms with Crippen molar-refractivity contribution in [3.8, 4) is 17.6 Å². The molecule has 21 heavy (non-hydrogen) atoms. The third-order valence-electron chi connectivity index (χ3n) is 2.32. The summed E-state index contributed by atoms with van der Waals surface area (Å²) < 4.78 is 50.3. The highest BCUT2D eigenvalue weighted by molar-refractivity contribution is 5.73. The molecule has 0 radical (unpaired) electrons. The summed E-state index contributed by atoms with van der Waals surface area (Å²) in [5.74, 6) is -1.64. The van der Waals surface area contributed by atoms with Crippen LogP contribution in [0.2, 0.25) is 0 Å². The number of carbonyl (C=O) groups excluding carboxylic acids is 1. The number of halogens is 3. The molecule has 114 valence electrons. The Morgan fingerprint density at radius 3 is 2.52 bits per heavy atom. The fourth-order valence-electron chi connectivity index (χ4n) is 1.63. The van der Waals surface area contributed by atoms with Crippen LogP contribution in [0.25, 0.3) is 0 Å². The molecule has 0 unspecified atom stereocenters. The van der Waals surface area contributed by atoms with Gasteiger partial charge in [0.2, 0.25) is 0 Å². The molecular weight excluding hydrogens is 291 g/mol. The summed E-state index contributed by atoms with van der Waals surface area (Å²) in [5.41, 5.74) is -0.0106. The highest BCUT2D eigenvalue weighted by Crippen LogP contribution is 2.36. The van der Waals surface area contributed by atoms with E-state index in [9.17, 15) is 18.0 Å². The zero-order valence-corrected chi connectivity index (χ0v) is 11.3. The standard InChI is InChI=1S/C13H12F3NO4/c1-3-20-11(18)6-8-4-9(7-17)12(19-2)10(5-8)21-13(14,15)16/h4-5H,3,6H2,1-2H3.